The van der Waals surface area contributed by atoms with Gasteiger partial charge in [-0.3, -0.25) is 0 Å². The molecule has 4 heteroatoms. The van der Waals surface area contributed by atoms with E-state index in [0.717, 1.165) is 0 Å². The number of nitrogens with two attached hydrogens (primary N) is 1. The molecule has 1 aliphatic heterocycles. The molecule has 2 rings (SSSR count). The van der Waals surface area contributed by atoms with Crippen LogP contribution in [0.5, 0.6) is 5.75 Å². The van der Waals surface area contributed by atoms with Crippen molar-refractivity contribution in [2.75, 3.05) is 13.2 Å². The minimum atomic E-state index is -0.652. The van der Waals surface area contributed by atoms with Crippen LogP contribution in [0.3, 0.4) is 0 Å². The van der Waals surface area contributed by atoms with Crippen LogP contribution in [0, 0.1) is 5.82 Å². The van der Waals surface area contributed by atoms with Gasteiger partial charge in [0, 0.05) is 17.5 Å². The lowest BCUT2D eigenvalue weighted by molar-refractivity contribution is 0.265. The maximum atomic E-state index is 13.7. The maximum absolute atomic E-state index is 13.7. The number of ether oxygens (including phenoxy) is 1. The minimum absolute atomic E-state index is 0.253. The highest BCUT2D eigenvalue weighted by atomic mass is 19.1. The third-order valence-electron chi connectivity index (χ3n) is 2.44. The Morgan fingerprint density at radius 3 is 3.07 bits per heavy atom. The summed E-state index contributed by atoms with van der Waals surface area (Å²) in [4.78, 5) is 0. The summed E-state index contributed by atoms with van der Waals surface area (Å²) in [5.41, 5.74) is 6.49. The van der Waals surface area contributed by atoms with Crippen LogP contribution in [0.2, 0.25) is 0 Å². The molecule has 3 nitrogen and oxygen atoms in total. The summed E-state index contributed by atoms with van der Waals surface area (Å²) in [6.45, 7) is 0.265. The molecule has 0 saturated carbocycles. The van der Waals surface area contributed by atoms with Gasteiger partial charge in [-0.25, -0.2) is 4.39 Å². The molecule has 1 aromatic rings. The van der Waals surface area contributed by atoms with E-state index in [0.29, 0.717) is 29.9 Å². The van der Waals surface area contributed by atoms with Crippen molar-refractivity contribution in [1.82, 2.24) is 0 Å². The first-order chi connectivity index (χ1) is 6.74. The largest absolute Gasteiger partial charge is 0.493 e. The number of hydrogen-bond acceptors (Lipinski definition) is 3. The average molecular weight is 197 g/mol. The van der Waals surface area contributed by atoms with Crippen LogP contribution in [-0.4, -0.2) is 18.3 Å². The van der Waals surface area contributed by atoms with Gasteiger partial charge in [-0.2, -0.15) is 0 Å². The van der Waals surface area contributed by atoms with E-state index in [4.69, 9.17) is 15.6 Å². The first-order valence-corrected chi connectivity index (χ1v) is 4.54. The fraction of sp³-hybridized carbons (Fsp3) is 0.400. The zero-order chi connectivity index (χ0) is 10.1. The van der Waals surface area contributed by atoms with Gasteiger partial charge in [0.05, 0.1) is 19.3 Å². The number of halogens is 1. The SMILES string of the molecule is NC(CO)c1ccc2c(c1F)CCO2. The van der Waals surface area contributed by atoms with Crippen molar-refractivity contribution in [3.05, 3.63) is 29.1 Å². The van der Waals surface area contributed by atoms with Crippen molar-refractivity contribution in [3.63, 3.8) is 0 Å². The third-order valence-corrected chi connectivity index (χ3v) is 2.44. The number of aliphatic hydroxyl groups excluding tert-OH is 1. The molecule has 14 heavy (non-hydrogen) atoms. The van der Waals surface area contributed by atoms with E-state index >= 15 is 0 Å². The first kappa shape index (κ1) is 9.43. The van der Waals surface area contributed by atoms with Crippen LogP contribution in [-0.2, 0) is 6.42 Å². The normalized spacial score (nSPS) is 16.2. The summed E-state index contributed by atoms with van der Waals surface area (Å²) in [7, 11) is 0. The standard InChI is InChI=1S/C10H12FNO2/c11-10-6(8(12)5-13)1-2-9-7(10)3-4-14-9/h1-2,8,13H,3-5,12H2. The van der Waals surface area contributed by atoms with E-state index in [9.17, 15) is 4.39 Å². The van der Waals surface area contributed by atoms with Crippen LogP contribution in [0.15, 0.2) is 12.1 Å². The maximum Gasteiger partial charge on any atom is 0.135 e. The van der Waals surface area contributed by atoms with Crippen molar-refractivity contribution in [2.45, 2.75) is 12.5 Å². The van der Waals surface area contributed by atoms with Gasteiger partial charge in [0.2, 0.25) is 0 Å². The van der Waals surface area contributed by atoms with E-state index in [1.807, 2.05) is 0 Å². The van der Waals surface area contributed by atoms with Crippen molar-refractivity contribution in [2.24, 2.45) is 5.73 Å². The predicted molar refractivity (Wildman–Crippen MR) is 49.6 cm³/mol. The number of fused-ring (bicyclic) bond motifs is 1. The van der Waals surface area contributed by atoms with Crippen LogP contribution in [0.4, 0.5) is 4.39 Å². The highest BCUT2D eigenvalue weighted by Gasteiger charge is 2.21. The monoisotopic (exact) mass is 197 g/mol. The highest BCUT2D eigenvalue weighted by Crippen LogP contribution is 2.31. The Balaban J connectivity index is 2.44. The fourth-order valence-corrected chi connectivity index (χ4v) is 1.64. The summed E-state index contributed by atoms with van der Waals surface area (Å²) >= 11 is 0. The summed E-state index contributed by atoms with van der Waals surface area (Å²) in [6, 6.07) is 2.62. The van der Waals surface area contributed by atoms with E-state index in [1.165, 1.54) is 0 Å². The van der Waals surface area contributed by atoms with Crippen LogP contribution in [0.1, 0.15) is 17.2 Å². The second kappa shape index (κ2) is 3.55. The quantitative estimate of drug-likeness (QED) is 0.735. The zero-order valence-corrected chi connectivity index (χ0v) is 7.66. The first-order valence-electron chi connectivity index (χ1n) is 4.54. The lowest BCUT2D eigenvalue weighted by Crippen LogP contribution is -2.16. The molecule has 0 radical (unpaired) electrons. The second-order valence-corrected chi connectivity index (χ2v) is 3.33. The van der Waals surface area contributed by atoms with Crippen LogP contribution >= 0.6 is 0 Å². The van der Waals surface area contributed by atoms with E-state index in [1.54, 1.807) is 12.1 Å². The van der Waals surface area contributed by atoms with Crippen molar-refractivity contribution < 1.29 is 14.2 Å². The molecule has 1 aromatic carbocycles. The molecule has 0 saturated heterocycles. The smallest absolute Gasteiger partial charge is 0.135 e. The van der Waals surface area contributed by atoms with Gasteiger partial charge in [-0.05, 0) is 6.07 Å². The molecule has 76 valence electrons. The molecule has 0 spiro atoms. The number of aliphatic hydroxyl groups is 1. The van der Waals surface area contributed by atoms with Crippen molar-refractivity contribution >= 4 is 0 Å². The summed E-state index contributed by atoms with van der Waals surface area (Å²) in [5, 5.41) is 8.84. The Kier molecular flexibility index (Phi) is 2.39. The molecular formula is C10H12FNO2. The molecular weight excluding hydrogens is 185 g/mol. The van der Waals surface area contributed by atoms with Gasteiger partial charge in [-0.1, -0.05) is 6.07 Å². The Bertz CT molecular complexity index is 354. The number of rotatable bonds is 2. The topological polar surface area (TPSA) is 55.5 Å². The molecule has 3 N–H and O–H groups in total. The molecule has 1 unspecified atom stereocenters. The second-order valence-electron chi connectivity index (χ2n) is 3.33. The highest BCUT2D eigenvalue weighted by molar-refractivity contribution is 5.42. The molecule has 1 heterocycles. The summed E-state index contributed by atoms with van der Waals surface area (Å²) in [6.07, 6.45) is 0.577. The molecule has 1 atom stereocenters. The van der Waals surface area contributed by atoms with Crippen molar-refractivity contribution in [3.8, 4) is 5.75 Å². The lowest BCUT2D eigenvalue weighted by atomic mass is 10.0. The van der Waals surface area contributed by atoms with Gasteiger partial charge < -0.3 is 15.6 Å². The summed E-state index contributed by atoms with van der Waals surface area (Å²) in [5.74, 6) is 0.262. The van der Waals surface area contributed by atoms with Gasteiger partial charge in [0.25, 0.3) is 0 Å². The molecule has 0 bridgehead atoms. The fourth-order valence-electron chi connectivity index (χ4n) is 1.64. The van der Waals surface area contributed by atoms with Crippen molar-refractivity contribution in [1.29, 1.82) is 0 Å². The predicted octanol–water partition coefficient (Wildman–Crippen LogP) is 0.753. The molecule has 1 aliphatic rings. The van der Waals surface area contributed by atoms with Crippen LogP contribution < -0.4 is 10.5 Å². The Morgan fingerprint density at radius 2 is 2.36 bits per heavy atom. The zero-order valence-electron chi connectivity index (χ0n) is 7.66. The van der Waals surface area contributed by atoms with Gasteiger partial charge >= 0.3 is 0 Å². The molecule has 0 amide bonds. The third kappa shape index (κ3) is 1.36. The molecule has 0 fully saturated rings. The Hall–Kier alpha value is -1.13. The van der Waals surface area contributed by atoms with E-state index < -0.39 is 6.04 Å². The van der Waals surface area contributed by atoms with E-state index in [-0.39, 0.29) is 12.4 Å². The lowest BCUT2D eigenvalue weighted by Gasteiger charge is -2.11. The number of benzene rings is 1. The molecule has 0 aliphatic carbocycles. The number of hydrogen-bond donors (Lipinski definition) is 2. The Labute approximate surface area is 81.3 Å². The van der Waals surface area contributed by atoms with Gasteiger partial charge in [-0.15, -0.1) is 0 Å². The van der Waals surface area contributed by atoms with Crippen LogP contribution in [0.25, 0.3) is 0 Å². The van der Waals surface area contributed by atoms with Gasteiger partial charge in [0.1, 0.15) is 11.6 Å². The summed E-state index contributed by atoms with van der Waals surface area (Å²) < 4.78 is 18.9. The van der Waals surface area contributed by atoms with Gasteiger partial charge in [0.15, 0.2) is 0 Å². The van der Waals surface area contributed by atoms with E-state index in [2.05, 4.69) is 0 Å². The Morgan fingerprint density at radius 1 is 1.57 bits per heavy atom. The molecule has 0 aromatic heterocycles. The average Bonchev–Trinajstić information content (AvgIpc) is 2.66. The minimum Gasteiger partial charge on any atom is -0.493 e.